The molecule has 0 fully saturated rings. The maximum atomic E-state index is 12.7. The molecule has 0 saturated carbocycles. The Morgan fingerprint density at radius 3 is 2.43 bits per heavy atom. The monoisotopic (exact) mass is 436 g/mol. The van der Waals surface area contributed by atoms with E-state index in [0.29, 0.717) is 27.6 Å². The number of hydrogen-bond donors (Lipinski definition) is 2. The molecule has 2 aromatic carbocycles. The number of nitrogens with one attached hydrogen (secondary N) is 1. The summed E-state index contributed by atoms with van der Waals surface area (Å²) in [6.45, 7) is 0.0427. The van der Waals surface area contributed by atoms with Crippen molar-refractivity contribution < 1.29 is 27.8 Å². The van der Waals surface area contributed by atoms with Gasteiger partial charge in [0.25, 0.3) is 0 Å². The standard InChI is InChI=1S/C21H19F3N2O3S/c1-29-17-8-4-13(5-9-17)18(27)11-25-19(28)10-16-12-30-20(26-16)14-2-6-15(7-3-14)21(22,23)24/h2-9,12,18,27H,10-11H2,1H3,(H,25,28). The van der Waals surface area contributed by atoms with Crippen LogP contribution >= 0.6 is 11.3 Å². The Labute approximate surface area is 175 Å². The first kappa shape index (κ1) is 21.8. The molecule has 158 valence electrons. The molecule has 1 aromatic heterocycles. The average Bonchev–Trinajstić information content (AvgIpc) is 3.20. The van der Waals surface area contributed by atoms with Gasteiger partial charge in [-0.05, 0) is 29.8 Å². The van der Waals surface area contributed by atoms with Crippen LogP contribution < -0.4 is 10.1 Å². The fraction of sp³-hybridized carbons (Fsp3) is 0.238. The number of ether oxygens (including phenoxy) is 1. The van der Waals surface area contributed by atoms with Crippen LogP contribution in [-0.2, 0) is 17.4 Å². The Balaban J connectivity index is 1.54. The lowest BCUT2D eigenvalue weighted by Gasteiger charge is -2.12. The molecule has 1 heterocycles. The normalized spacial score (nSPS) is 12.4. The molecular formula is C21H19F3N2O3S. The predicted octanol–water partition coefficient (Wildman–Crippen LogP) is 4.23. The summed E-state index contributed by atoms with van der Waals surface area (Å²) in [6.07, 6.45) is -5.24. The van der Waals surface area contributed by atoms with Gasteiger partial charge in [-0.2, -0.15) is 13.2 Å². The lowest BCUT2D eigenvalue weighted by atomic mass is 10.1. The Hall–Kier alpha value is -2.91. The molecule has 3 aromatic rings. The number of benzene rings is 2. The maximum absolute atomic E-state index is 12.7. The van der Waals surface area contributed by atoms with Crippen molar-refractivity contribution in [2.45, 2.75) is 18.7 Å². The van der Waals surface area contributed by atoms with E-state index in [2.05, 4.69) is 10.3 Å². The Morgan fingerprint density at radius 1 is 1.17 bits per heavy atom. The molecule has 0 aliphatic rings. The van der Waals surface area contributed by atoms with Gasteiger partial charge in [0, 0.05) is 17.5 Å². The van der Waals surface area contributed by atoms with Gasteiger partial charge in [0.2, 0.25) is 5.91 Å². The summed E-state index contributed by atoms with van der Waals surface area (Å²) in [5, 5.41) is 15.1. The molecule has 0 radical (unpaired) electrons. The van der Waals surface area contributed by atoms with Gasteiger partial charge in [0.05, 0.1) is 30.9 Å². The third-order valence-electron chi connectivity index (χ3n) is 4.35. The molecule has 0 bridgehead atoms. The number of aliphatic hydroxyl groups excluding tert-OH is 1. The topological polar surface area (TPSA) is 71.5 Å². The fourth-order valence-electron chi connectivity index (χ4n) is 2.70. The second kappa shape index (κ2) is 9.27. The summed E-state index contributed by atoms with van der Waals surface area (Å²) in [5.41, 5.74) is 0.980. The highest BCUT2D eigenvalue weighted by Crippen LogP contribution is 2.31. The van der Waals surface area contributed by atoms with Crippen LogP contribution in [0.4, 0.5) is 13.2 Å². The lowest BCUT2D eigenvalue weighted by Crippen LogP contribution is -2.29. The number of halogens is 3. The molecule has 0 aliphatic carbocycles. The fourth-order valence-corrected chi connectivity index (χ4v) is 3.53. The third-order valence-corrected chi connectivity index (χ3v) is 5.29. The largest absolute Gasteiger partial charge is 0.497 e. The second-order valence-electron chi connectivity index (χ2n) is 6.49. The van der Waals surface area contributed by atoms with Gasteiger partial charge in [-0.15, -0.1) is 11.3 Å². The molecule has 0 spiro atoms. The van der Waals surface area contributed by atoms with Crippen LogP contribution in [0, 0.1) is 0 Å². The highest BCUT2D eigenvalue weighted by atomic mass is 32.1. The molecule has 1 unspecified atom stereocenters. The van der Waals surface area contributed by atoms with Gasteiger partial charge >= 0.3 is 6.18 Å². The average molecular weight is 436 g/mol. The molecule has 0 saturated heterocycles. The number of carbonyl (C=O) groups is 1. The Bertz CT molecular complexity index is 986. The summed E-state index contributed by atoms with van der Waals surface area (Å²) < 4.78 is 43.0. The first-order valence-electron chi connectivity index (χ1n) is 8.97. The number of nitrogens with zero attached hydrogens (tertiary/aromatic N) is 1. The van der Waals surface area contributed by atoms with Crippen molar-refractivity contribution in [3.63, 3.8) is 0 Å². The lowest BCUT2D eigenvalue weighted by molar-refractivity contribution is -0.137. The zero-order valence-electron chi connectivity index (χ0n) is 15.9. The first-order valence-corrected chi connectivity index (χ1v) is 9.85. The number of aromatic nitrogens is 1. The van der Waals surface area contributed by atoms with Crippen LogP contribution in [-0.4, -0.2) is 29.7 Å². The van der Waals surface area contributed by atoms with Crippen LogP contribution in [0.25, 0.3) is 10.6 Å². The number of aliphatic hydroxyl groups is 1. The van der Waals surface area contributed by atoms with E-state index < -0.39 is 17.8 Å². The number of thiazole rings is 1. The van der Waals surface area contributed by atoms with E-state index in [1.807, 2.05) is 0 Å². The van der Waals surface area contributed by atoms with E-state index in [1.54, 1.807) is 36.8 Å². The minimum atomic E-state index is -4.39. The summed E-state index contributed by atoms with van der Waals surface area (Å²) in [5.74, 6) is 0.356. The van der Waals surface area contributed by atoms with E-state index in [1.165, 1.54) is 23.5 Å². The number of carbonyl (C=O) groups excluding carboxylic acids is 1. The number of methoxy groups -OCH3 is 1. The molecule has 1 atom stereocenters. The van der Waals surface area contributed by atoms with Gasteiger partial charge in [0.15, 0.2) is 0 Å². The quantitative estimate of drug-likeness (QED) is 0.582. The molecule has 1 amide bonds. The molecule has 2 N–H and O–H groups in total. The number of hydrogen-bond acceptors (Lipinski definition) is 5. The summed E-state index contributed by atoms with van der Waals surface area (Å²) in [7, 11) is 1.55. The van der Waals surface area contributed by atoms with E-state index in [4.69, 9.17) is 4.74 Å². The van der Waals surface area contributed by atoms with Gasteiger partial charge in [-0.1, -0.05) is 24.3 Å². The Kier molecular flexibility index (Phi) is 6.73. The number of rotatable bonds is 7. The smallest absolute Gasteiger partial charge is 0.416 e. The Morgan fingerprint density at radius 2 is 1.83 bits per heavy atom. The van der Waals surface area contributed by atoms with Crippen LogP contribution in [0.2, 0.25) is 0 Å². The van der Waals surface area contributed by atoms with Gasteiger partial charge in [-0.25, -0.2) is 4.98 Å². The minimum absolute atomic E-state index is 0.00642. The zero-order chi connectivity index (χ0) is 21.7. The van der Waals surface area contributed by atoms with Crippen LogP contribution in [0.3, 0.4) is 0 Å². The number of alkyl halides is 3. The second-order valence-corrected chi connectivity index (χ2v) is 7.35. The van der Waals surface area contributed by atoms with Gasteiger partial charge < -0.3 is 15.2 Å². The van der Waals surface area contributed by atoms with Crippen LogP contribution in [0.1, 0.15) is 22.9 Å². The first-order chi connectivity index (χ1) is 14.3. The molecule has 0 aliphatic heterocycles. The molecule has 3 rings (SSSR count). The van der Waals surface area contributed by atoms with Crippen molar-refractivity contribution in [3.8, 4) is 16.3 Å². The van der Waals surface area contributed by atoms with Crippen molar-refractivity contribution in [1.29, 1.82) is 0 Å². The van der Waals surface area contributed by atoms with E-state index in [-0.39, 0.29) is 18.9 Å². The van der Waals surface area contributed by atoms with Crippen LogP contribution in [0.5, 0.6) is 5.75 Å². The van der Waals surface area contributed by atoms with E-state index in [9.17, 15) is 23.1 Å². The molecule has 5 nitrogen and oxygen atoms in total. The molecule has 9 heteroatoms. The maximum Gasteiger partial charge on any atom is 0.416 e. The van der Waals surface area contributed by atoms with Crippen molar-refractivity contribution >= 4 is 17.2 Å². The van der Waals surface area contributed by atoms with Gasteiger partial charge in [-0.3, -0.25) is 4.79 Å². The van der Waals surface area contributed by atoms with Crippen molar-refractivity contribution in [2.24, 2.45) is 0 Å². The number of amides is 1. The third kappa shape index (κ3) is 5.58. The summed E-state index contributed by atoms with van der Waals surface area (Å²) in [6, 6.07) is 11.6. The highest BCUT2D eigenvalue weighted by molar-refractivity contribution is 7.13. The predicted molar refractivity (Wildman–Crippen MR) is 107 cm³/mol. The van der Waals surface area contributed by atoms with Crippen molar-refractivity contribution in [1.82, 2.24) is 10.3 Å². The van der Waals surface area contributed by atoms with E-state index in [0.717, 1.165) is 12.1 Å². The van der Waals surface area contributed by atoms with Crippen LogP contribution in [0.15, 0.2) is 53.9 Å². The van der Waals surface area contributed by atoms with Crippen molar-refractivity contribution in [2.75, 3.05) is 13.7 Å². The van der Waals surface area contributed by atoms with Gasteiger partial charge in [0.1, 0.15) is 10.8 Å². The highest BCUT2D eigenvalue weighted by Gasteiger charge is 2.30. The SMILES string of the molecule is COc1ccc(C(O)CNC(=O)Cc2csc(-c3ccc(C(F)(F)F)cc3)n2)cc1. The summed E-state index contributed by atoms with van der Waals surface area (Å²) in [4.78, 5) is 16.5. The zero-order valence-corrected chi connectivity index (χ0v) is 16.8. The summed E-state index contributed by atoms with van der Waals surface area (Å²) >= 11 is 1.25. The molecular weight excluding hydrogens is 417 g/mol. The minimum Gasteiger partial charge on any atom is -0.497 e. The van der Waals surface area contributed by atoms with E-state index >= 15 is 0 Å². The molecule has 30 heavy (non-hydrogen) atoms. The van der Waals surface area contributed by atoms with Crippen molar-refractivity contribution in [3.05, 3.63) is 70.7 Å².